The smallest absolute Gasteiger partial charge is 0.314 e. The molecule has 0 atom stereocenters. The highest BCUT2D eigenvalue weighted by Crippen LogP contribution is 2.35. The largest absolute Gasteiger partial charge is 0.426 e. The molecule has 228 valence electrons. The number of esters is 2. The van der Waals surface area contributed by atoms with Crippen LogP contribution in [0, 0.1) is 35.5 Å². The van der Waals surface area contributed by atoms with E-state index in [-0.39, 0.29) is 23.8 Å². The first-order chi connectivity index (χ1) is 20.5. The Morgan fingerprint density at radius 2 is 0.810 bits per heavy atom. The molecule has 3 aliphatic rings. The number of ether oxygens (including phenoxy) is 2. The van der Waals surface area contributed by atoms with Crippen LogP contribution in [-0.4, -0.2) is 11.9 Å². The third-order valence-electron chi connectivity index (χ3n) is 10.8. The third-order valence-corrected chi connectivity index (χ3v) is 10.8. The molecule has 3 saturated carbocycles. The molecule has 2 aromatic carbocycles. The maximum absolute atomic E-state index is 12.9. The lowest BCUT2D eigenvalue weighted by Crippen LogP contribution is -2.26. The van der Waals surface area contributed by atoms with Gasteiger partial charge in [0.1, 0.15) is 11.5 Å². The summed E-state index contributed by atoms with van der Waals surface area (Å²) in [6.07, 6.45) is 18.5. The topological polar surface area (TPSA) is 52.6 Å². The first kappa shape index (κ1) is 30.8. The first-order valence-corrected chi connectivity index (χ1v) is 17.1. The van der Waals surface area contributed by atoms with Crippen LogP contribution in [0.25, 0.3) is 0 Å². The average molecular weight is 573 g/mol. The molecule has 0 aliphatic heterocycles. The second kappa shape index (κ2) is 15.2. The molecule has 2 aromatic rings. The van der Waals surface area contributed by atoms with Crippen molar-refractivity contribution in [3.63, 3.8) is 0 Å². The molecule has 0 unspecified atom stereocenters. The summed E-state index contributed by atoms with van der Waals surface area (Å²) in [6.45, 7) is 4.56. The van der Waals surface area contributed by atoms with Crippen molar-refractivity contribution in [3.05, 3.63) is 59.7 Å². The highest BCUT2D eigenvalue weighted by molar-refractivity contribution is 5.76. The fourth-order valence-corrected chi connectivity index (χ4v) is 7.71. The van der Waals surface area contributed by atoms with E-state index in [2.05, 4.69) is 38.1 Å². The highest BCUT2D eigenvalue weighted by Gasteiger charge is 2.29. The van der Waals surface area contributed by atoms with Crippen molar-refractivity contribution >= 4 is 11.9 Å². The zero-order valence-electron chi connectivity index (χ0n) is 26.0. The van der Waals surface area contributed by atoms with Crippen molar-refractivity contribution in [2.75, 3.05) is 0 Å². The van der Waals surface area contributed by atoms with E-state index in [1.54, 1.807) is 24.3 Å². The van der Waals surface area contributed by atoms with E-state index in [1.165, 1.54) is 56.1 Å². The monoisotopic (exact) mass is 572 g/mol. The molecular formula is C38H52O4. The van der Waals surface area contributed by atoms with Gasteiger partial charge >= 0.3 is 11.9 Å². The van der Waals surface area contributed by atoms with Crippen molar-refractivity contribution in [1.82, 2.24) is 0 Å². The molecule has 4 nitrogen and oxygen atoms in total. The lowest BCUT2D eigenvalue weighted by molar-refractivity contribution is -0.141. The highest BCUT2D eigenvalue weighted by atomic mass is 16.5. The van der Waals surface area contributed by atoms with Gasteiger partial charge in [-0.05, 0) is 136 Å². The van der Waals surface area contributed by atoms with Crippen LogP contribution >= 0.6 is 0 Å². The molecule has 0 spiro atoms. The van der Waals surface area contributed by atoms with Gasteiger partial charge in [0.05, 0.1) is 11.8 Å². The van der Waals surface area contributed by atoms with Crippen molar-refractivity contribution in [2.45, 2.75) is 117 Å². The number of rotatable bonds is 10. The second-order valence-electron chi connectivity index (χ2n) is 13.7. The van der Waals surface area contributed by atoms with Gasteiger partial charge in [0.2, 0.25) is 0 Å². The van der Waals surface area contributed by atoms with Crippen molar-refractivity contribution in [2.24, 2.45) is 35.5 Å². The Hall–Kier alpha value is -2.62. The summed E-state index contributed by atoms with van der Waals surface area (Å²) in [7, 11) is 0. The van der Waals surface area contributed by atoms with E-state index in [1.807, 2.05) is 0 Å². The van der Waals surface area contributed by atoms with Crippen LogP contribution in [-0.2, 0) is 22.4 Å². The van der Waals surface area contributed by atoms with Gasteiger partial charge < -0.3 is 9.47 Å². The predicted molar refractivity (Wildman–Crippen MR) is 168 cm³/mol. The Balaban J connectivity index is 1.00. The van der Waals surface area contributed by atoms with Gasteiger partial charge in [-0.2, -0.15) is 0 Å². The molecule has 0 amide bonds. The SMILES string of the molecule is CCC1CCC(Cc2ccc(CC3CCC(C(=O)Oc4ccc(OC(=O)C5CCC(CC)CC5)cc4)CC3)cc2)CC1. The summed E-state index contributed by atoms with van der Waals surface area (Å²) in [6, 6.07) is 16.3. The quantitative estimate of drug-likeness (QED) is 0.210. The predicted octanol–water partition coefficient (Wildman–Crippen LogP) is 9.52. The maximum atomic E-state index is 12.9. The van der Waals surface area contributed by atoms with Crippen LogP contribution in [0.3, 0.4) is 0 Å². The number of hydrogen-bond donors (Lipinski definition) is 0. The average Bonchev–Trinajstić information content (AvgIpc) is 3.03. The van der Waals surface area contributed by atoms with Gasteiger partial charge in [0, 0.05) is 0 Å². The van der Waals surface area contributed by atoms with E-state index >= 15 is 0 Å². The lowest BCUT2D eigenvalue weighted by Gasteiger charge is -2.28. The molecule has 42 heavy (non-hydrogen) atoms. The molecule has 0 saturated heterocycles. The molecule has 3 fully saturated rings. The van der Waals surface area contributed by atoms with Gasteiger partial charge in [-0.15, -0.1) is 0 Å². The van der Waals surface area contributed by atoms with E-state index in [0.717, 1.165) is 75.5 Å². The summed E-state index contributed by atoms with van der Waals surface area (Å²) in [4.78, 5) is 25.5. The van der Waals surface area contributed by atoms with Gasteiger partial charge in [-0.25, -0.2) is 0 Å². The van der Waals surface area contributed by atoms with Crippen molar-refractivity contribution in [3.8, 4) is 11.5 Å². The molecule has 0 aromatic heterocycles. The fraction of sp³-hybridized carbons (Fsp3) is 0.632. The molecular weight excluding hydrogens is 520 g/mol. The first-order valence-electron chi connectivity index (χ1n) is 17.1. The normalized spacial score (nSPS) is 28.1. The Kier molecular flexibility index (Phi) is 11.2. The standard InChI is InChI=1S/C38H52O4/c1-3-27-5-7-29(8-6-27)25-30-9-11-31(12-10-30)26-32-15-19-34(20-16-32)38(40)42-36-23-21-35(22-24-36)41-37(39)33-17-13-28(4-2)14-18-33/h9-12,21-24,27-29,32-34H,3-8,13-20,25-26H2,1-2H3. The number of benzene rings is 2. The Bertz CT molecular complexity index is 1110. The fourth-order valence-electron chi connectivity index (χ4n) is 7.71. The van der Waals surface area contributed by atoms with Crippen molar-refractivity contribution < 1.29 is 19.1 Å². The van der Waals surface area contributed by atoms with Crippen molar-refractivity contribution in [1.29, 1.82) is 0 Å². The Morgan fingerprint density at radius 3 is 1.17 bits per heavy atom. The van der Waals surface area contributed by atoms with Gasteiger partial charge in [0.15, 0.2) is 0 Å². The Labute approximate surface area is 254 Å². The molecule has 0 N–H and O–H groups in total. The van der Waals surface area contributed by atoms with Crippen LogP contribution in [0.2, 0.25) is 0 Å². The Morgan fingerprint density at radius 1 is 0.500 bits per heavy atom. The maximum Gasteiger partial charge on any atom is 0.314 e. The molecule has 0 heterocycles. The second-order valence-corrected chi connectivity index (χ2v) is 13.7. The zero-order valence-corrected chi connectivity index (χ0v) is 26.0. The number of hydrogen-bond acceptors (Lipinski definition) is 4. The van der Waals surface area contributed by atoms with E-state index in [4.69, 9.17) is 9.47 Å². The molecule has 0 bridgehead atoms. The van der Waals surface area contributed by atoms with Gasteiger partial charge in [-0.3, -0.25) is 9.59 Å². The number of carbonyl (C=O) groups is 2. The van der Waals surface area contributed by atoms with Crippen LogP contribution in [0.4, 0.5) is 0 Å². The molecule has 4 heteroatoms. The van der Waals surface area contributed by atoms with Crippen LogP contribution in [0.15, 0.2) is 48.5 Å². The van der Waals surface area contributed by atoms with Crippen LogP contribution < -0.4 is 9.47 Å². The minimum Gasteiger partial charge on any atom is -0.426 e. The minimum atomic E-state index is -0.136. The summed E-state index contributed by atoms with van der Waals surface area (Å²) in [5.74, 6) is 3.94. The third kappa shape index (κ3) is 8.71. The molecule has 0 radical (unpaired) electrons. The number of carbonyl (C=O) groups excluding carboxylic acids is 2. The summed E-state index contributed by atoms with van der Waals surface area (Å²) >= 11 is 0. The summed E-state index contributed by atoms with van der Waals surface area (Å²) < 4.78 is 11.3. The van der Waals surface area contributed by atoms with E-state index in [0.29, 0.717) is 17.4 Å². The zero-order chi connectivity index (χ0) is 29.3. The van der Waals surface area contributed by atoms with Gasteiger partial charge in [-0.1, -0.05) is 63.8 Å². The summed E-state index contributed by atoms with van der Waals surface area (Å²) in [5.41, 5.74) is 2.92. The summed E-state index contributed by atoms with van der Waals surface area (Å²) in [5, 5.41) is 0. The minimum absolute atomic E-state index is 0.0000829. The molecule has 5 rings (SSSR count). The van der Waals surface area contributed by atoms with Crippen LogP contribution in [0.1, 0.15) is 115 Å². The van der Waals surface area contributed by atoms with Crippen LogP contribution in [0.5, 0.6) is 11.5 Å². The lowest BCUT2D eigenvalue weighted by atomic mass is 9.78. The van der Waals surface area contributed by atoms with Gasteiger partial charge in [0.25, 0.3) is 0 Å². The van der Waals surface area contributed by atoms with E-state index in [9.17, 15) is 9.59 Å². The molecule has 3 aliphatic carbocycles. The van der Waals surface area contributed by atoms with E-state index < -0.39 is 0 Å².